The van der Waals surface area contributed by atoms with Crippen LogP contribution in [0.15, 0.2) is 179 Å². The first-order valence-corrected chi connectivity index (χ1v) is 16.7. The second kappa shape index (κ2) is 11.4. The van der Waals surface area contributed by atoms with Crippen LogP contribution in [0.1, 0.15) is 0 Å². The summed E-state index contributed by atoms with van der Waals surface area (Å²) in [4.78, 5) is 10.1. The number of aromatic nitrogens is 2. The molecule has 0 aliphatic rings. The van der Waals surface area contributed by atoms with Gasteiger partial charge in [0.05, 0.1) is 11.4 Å². The lowest BCUT2D eigenvalue weighted by atomic mass is 10.0. The molecule has 234 valence electrons. The molecule has 4 heteroatoms. The Kier molecular flexibility index (Phi) is 6.46. The van der Waals surface area contributed by atoms with Crippen LogP contribution in [0.25, 0.3) is 100 Å². The van der Waals surface area contributed by atoms with Crippen LogP contribution in [0.5, 0.6) is 0 Å². The van der Waals surface area contributed by atoms with Gasteiger partial charge >= 0.3 is 0 Å². The Labute approximate surface area is 287 Å². The largest absolute Gasteiger partial charge is 0.456 e. The van der Waals surface area contributed by atoms with Crippen molar-refractivity contribution < 1.29 is 8.83 Å². The fourth-order valence-corrected chi connectivity index (χ4v) is 6.96. The molecule has 0 amide bonds. The Balaban J connectivity index is 1.04. The van der Waals surface area contributed by atoms with Gasteiger partial charge in [-0.3, -0.25) is 0 Å². The van der Waals surface area contributed by atoms with Crippen molar-refractivity contribution in [2.24, 2.45) is 0 Å². The van der Waals surface area contributed by atoms with Crippen LogP contribution in [0, 0.1) is 0 Å². The van der Waals surface area contributed by atoms with Gasteiger partial charge in [0.2, 0.25) is 0 Å². The molecule has 3 aromatic heterocycles. The topological polar surface area (TPSA) is 52.1 Å². The quantitative estimate of drug-likeness (QED) is 0.188. The monoisotopic (exact) mass is 640 g/mol. The van der Waals surface area contributed by atoms with Crippen molar-refractivity contribution in [3.05, 3.63) is 170 Å². The predicted molar refractivity (Wildman–Crippen MR) is 204 cm³/mol. The summed E-state index contributed by atoms with van der Waals surface area (Å²) >= 11 is 0. The van der Waals surface area contributed by atoms with Crippen LogP contribution in [-0.2, 0) is 0 Å². The number of hydrogen-bond donors (Lipinski definition) is 0. The summed E-state index contributed by atoms with van der Waals surface area (Å²) < 4.78 is 12.9. The van der Waals surface area contributed by atoms with Gasteiger partial charge < -0.3 is 8.83 Å². The summed E-state index contributed by atoms with van der Waals surface area (Å²) in [6.45, 7) is 0. The minimum Gasteiger partial charge on any atom is -0.456 e. The second-order valence-electron chi connectivity index (χ2n) is 12.6. The predicted octanol–water partition coefficient (Wildman–Crippen LogP) is 12.6. The van der Waals surface area contributed by atoms with E-state index in [1.54, 1.807) is 0 Å². The Morgan fingerprint density at radius 3 is 1.24 bits per heavy atom. The Morgan fingerprint density at radius 1 is 0.280 bits per heavy atom. The Morgan fingerprint density at radius 2 is 0.700 bits per heavy atom. The van der Waals surface area contributed by atoms with Crippen LogP contribution >= 0.6 is 0 Å². The van der Waals surface area contributed by atoms with Gasteiger partial charge in [0, 0.05) is 38.2 Å². The molecule has 0 N–H and O–H groups in total. The van der Waals surface area contributed by atoms with Crippen LogP contribution in [-0.4, -0.2) is 9.97 Å². The van der Waals surface area contributed by atoms with E-state index in [0.29, 0.717) is 5.82 Å². The van der Waals surface area contributed by atoms with Crippen molar-refractivity contribution in [2.75, 3.05) is 0 Å². The lowest BCUT2D eigenvalue weighted by Crippen LogP contribution is -1.96. The first-order valence-electron chi connectivity index (χ1n) is 16.7. The van der Waals surface area contributed by atoms with Crippen LogP contribution in [0.4, 0.5) is 0 Å². The average molecular weight is 641 g/mol. The highest BCUT2D eigenvalue weighted by atomic mass is 16.3. The summed E-state index contributed by atoms with van der Waals surface area (Å²) in [5.41, 5.74) is 12.6. The molecule has 0 atom stereocenters. The van der Waals surface area contributed by atoms with E-state index in [4.69, 9.17) is 18.8 Å². The lowest BCUT2D eigenvalue weighted by molar-refractivity contribution is 0.664. The maximum atomic E-state index is 6.51. The number of rotatable bonds is 5. The van der Waals surface area contributed by atoms with Crippen LogP contribution in [0.2, 0.25) is 0 Å². The minimum atomic E-state index is 0.683. The molecule has 10 aromatic rings. The summed E-state index contributed by atoms with van der Waals surface area (Å²) in [6.07, 6.45) is 0. The van der Waals surface area contributed by atoms with Crippen LogP contribution in [0.3, 0.4) is 0 Å². The van der Waals surface area contributed by atoms with E-state index in [1.165, 1.54) is 5.56 Å². The summed E-state index contributed by atoms with van der Waals surface area (Å²) in [7, 11) is 0. The maximum Gasteiger partial charge on any atom is 0.160 e. The van der Waals surface area contributed by atoms with E-state index in [-0.39, 0.29) is 0 Å². The molecule has 0 radical (unpaired) electrons. The normalized spacial score (nSPS) is 11.6. The van der Waals surface area contributed by atoms with Gasteiger partial charge in [0.25, 0.3) is 0 Å². The standard InChI is InChI=1S/C46H28N2O2/c1-4-11-29(12-5-1)33-19-21-36-38-26-45-39(27-44(38)49-42(36)24-33)37-22-20-34(25-43(37)50-45)32-17-10-18-35(23-32)46-47-40(30-13-6-2-7-14-30)28-41(48-46)31-15-8-3-9-16-31/h1-28H. The second-order valence-corrected chi connectivity index (χ2v) is 12.6. The Hall–Kier alpha value is -6.78. The minimum absolute atomic E-state index is 0.683. The molecule has 4 nitrogen and oxygen atoms in total. The Bertz CT molecular complexity index is 2800. The molecular formula is C46H28N2O2. The zero-order valence-electron chi connectivity index (χ0n) is 26.9. The molecule has 0 aliphatic heterocycles. The van der Waals surface area contributed by atoms with Gasteiger partial charge in [0.1, 0.15) is 22.3 Å². The number of hydrogen-bond acceptors (Lipinski definition) is 4. The summed E-state index contributed by atoms with van der Waals surface area (Å²) in [5, 5.41) is 4.22. The molecule has 50 heavy (non-hydrogen) atoms. The lowest BCUT2D eigenvalue weighted by Gasteiger charge is -2.10. The van der Waals surface area contributed by atoms with E-state index in [1.807, 2.05) is 42.5 Å². The van der Waals surface area contributed by atoms with E-state index >= 15 is 0 Å². The van der Waals surface area contributed by atoms with Gasteiger partial charge in [-0.05, 0) is 70.8 Å². The highest BCUT2D eigenvalue weighted by Crippen LogP contribution is 2.39. The third-order valence-electron chi connectivity index (χ3n) is 9.49. The number of furan rings is 2. The summed E-state index contributed by atoms with van der Waals surface area (Å²) in [5.74, 6) is 0.683. The van der Waals surface area contributed by atoms with Crippen molar-refractivity contribution in [3.8, 4) is 56.2 Å². The van der Waals surface area contributed by atoms with Crippen LogP contribution < -0.4 is 0 Å². The summed E-state index contributed by atoms with van der Waals surface area (Å²) in [6, 6.07) is 58.5. The molecular weight excluding hydrogens is 613 g/mol. The molecule has 0 saturated heterocycles. The molecule has 0 spiro atoms. The SMILES string of the molecule is c1ccc(-c2ccc3c(c2)oc2cc4c(cc23)oc2cc(-c3cccc(-c5nc(-c6ccccc6)cc(-c6ccccc6)n5)c3)ccc24)cc1. The molecule has 0 unspecified atom stereocenters. The molecule has 0 bridgehead atoms. The first kappa shape index (κ1) is 28.3. The van der Waals surface area contributed by atoms with Crippen molar-refractivity contribution >= 4 is 43.9 Å². The van der Waals surface area contributed by atoms with E-state index in [9.17, 15) is 0 Å². The number of fused-ring (bicyclic) bond motifs is 6. The first-order chi connectivity index (χ1) is 24.7. The molecule has 0 saturated carbocycles. The highest BCUT2D eigenvalue weighted by molar-refractivity contribution is 6.15. The van der Waals surface area contributed by atoms with Crippen molar-refractivity contribution in [3.63, 3.8) is 0 Å². The fraction of sp³-hybridized carbons (Fsp3) is 0. The zero-order valence-corrected chi connectivity index (χ0v) is 26.9. The number of nitrogens with zero attached hydrogens (tertiary/aromatic N) is 2. The van der Waals surface area contributed by atoms with Gasteiger partial charge in [-0.15, -0.1) is 0 Å². The zero-order chi connectivity index (χ0) is 33.0. The fourth-order valence-electron chi connectivity index (χ4n) is 6.96. The molecule has 0 fully saturated rings. The third kappa shape index (κ3) is 4.85. The molecule has 10 rings (SSSR count). The van der Waals surface area contributed by atoms with Crippen molar-refractivity contribution in [2.45, 2.75) is 0 Å². The maximum absolute atomic E-state index is 6.51. The van der Waals surface area contributed by atoms with Gasteiger partial charge in [-0.25, -0.2) is 9.97 Å². The van der Waals surface area contributed by atoms with Crippen molar-refractivity contribution in [1.82, 2.24) is 9.97 Å². The van der Waals surface area contributed by atoms with Gasteiger partial charge in [-0.2, -0.15) is 0 Å². The van der Waals surface area contributed by atoms with E-state index < -0.39 is 0 Å². The molecule has 7 aromatic carbocycles. The highest BCUT2D eigenvalue weighted by Gasteiger charge is 2.16. The van der Waals surface area contributed by atoms with E-state index in [2.05, 4.69) is 127 Å². The molecule has 0 aliphatic carbocycles. The van der Waals surface area contributed by atoms with Gasteiger partial charge in [0.15, 0.2) is 5.82 Å². The molecule has 3 heterocycles. The smallest absolute Gasteiger partial charge is 0.160 e. The average Bonchev–Trinajstić information content (AvgIpc) is 3.74. The van der Waals surface area contributed by atoms with Crippen molar-refractivity contribution in [1.29, 1.82) is 0 Å². The number of benzene rings is 7. The third-order valence-corrected chi connectivity index (χ3v) is 9.49. The van der Waals surface area contributed by atoms with E-state index in [0.717, 1.165) is 88.6 Å². The van der Waals surface area contributed by atoms with Gasteiger partial charge in [-0.1, -0.05) is 121 Å².